The molecule has 0 aromatic heterocycles. The van der Waals surface area contributed by atoms with Crippen molar-refractivity contribution in [1.82, 2.24) is 0 Å². The number of carbonyl (C=O) groups excluding carboxylic acids is 4. The first-order valence-electron chi connectivity index (χ1n) is 14.3. The largest absolute Gasteiger partial charge is 0.423 e. The van der Waals surface area contributed by atoms with Crippen molar-refractivity contribution in [3.63, 3.8) is 0 Å². The van der Waals surface area contributed by atoms with Gasteiger partial charge in [-0.2, -0.15) is 13.2 Å². The first kappa shape index (κ1) is 37.3. The van der Waals surface area contributed by atoms with E-state index in [0.29, 0.717) is 0 Å². The predicted molar refractivity (Wildman–Crippen MR) is 176 cm³/mol. The smallest absolute Gasteiger partial charge is 0.421 e. The molecular weight excluding hydrogens is 641 g/mol. The van der Waals surface area contributed by atoms with E-state index in [0.717, 1.165) is 0 Å². The lowest BCUT2D eigenvalue weighted by Crippen LogP contribution is -2.19. The summed E-state index contributed by atoms with van der Waals surface area (Å²) in [5.74, 6) is 0.346. The number of halogens is 3. The molecule has 0 atom stereocenters. The molecule has 0 amide bonds. The van der Waals surface area contributed by atoms with Crippen molar-refractivity contribution in [3.05, 3.63) is 119 Å². The van der Waals surface area contributed by atoms with E-state index >= 15 is 13.2 Å². The molecule has 49 heavy (non-hydrogen) atoms. The zero-order valence-electron chi connectivity index (χ0n) is 27.3. The minimum absolute atomic E-state index is 0.00263. The topological polar surface area (TPSA) is 105 Å². The van der Waals surface area contributed by atoms with Gasteiger partial charge < -0.3 is 18.9 Å². The lowest BCUT2D eigenvalue weighted by molar-refractivity contribution is -0.141. The van der Waals surface area contributed by atoms with Crippen LogP contribution < -0.4 is 18.9 Å². The highest BCUT2D eigenvalue weighted by atomic mass is 19.4. The summed E-state index contributed by atoms with van der Waals surface area (Å²) in [7, 11) is 0. The second-order valence-corrected chi connectivity index (χ2v) is 10.9. The number of rotatable bonds is 9. The molecule has 0 fully saturated rings. The first-order chi connectivity index (χ1) is 22.8. The summed E-state index contributed by atoms with van der Waals surface area (Å²) >= 11 is 0. The fourth-order valence-electron chi connectivity index (χ4n) is 3.93. The van der Waals surface area contributed by atoms with Gasteiger partial charge in [0, 0.05) is 39.0 Å². The van der Waals surface area contributed by atoms with Gasteiger partial charge >= 0.3 is 30.1 Å². The standard InChI is InChI=1S/C38H31F3O8/c1-20(2)34(42)46-27-15-10-25(11-16-27)12-19-29-24(9)32(48-36(44)22(5)6)30(26-13-17-28(18-14-26)47-35(43)21(3)4)33(31(29)38(39,40)41)49-37(45)23(7)8/h10-11,13-18H,1,3,5,7H2,2,4,6,8-9H3. The fourth-order valence-corrected chi connectivity index (χ4v) is 3.93. The maximum Gasteiger partial charge on any atom is 0.421 e. The van der Waals surface area contributed by atoms with E-state index in [2.05, 4.69) is 38.2 Å². The highest BCUT2D eigenvalue weighted by Crippen LogP contribution is 2.51. The molecule has 0 saturated heterocycles. The highest BCUT2D eigenvalue weighted by molar-refractivity contribution is 5.95. The maximum absolute atomic E-state index is 15.1. The number of carbonyl (C=O) groups is 4. The van der Waals surface area contributed by atoms with Crippen LogP contribution in [-0.4, -0.2) is 23.9 Å². The average Bonchev–Trinajstić information content (AvgIpc) is 3.01. The number of alkyl halides is 3. The van der Waals surface area contributed by atoms with Gasteiger partial charge in [0.25, 0.3) is 0 Å². The monoisotopic (exact) mass is 672 g/mol. The Morgan fingerprint density at radius 2 is 0.980 bits per heavy atom. The summed E-state index contributed by atoms with van der Waals surface area (Å²) in [5, 5.41) is 0. The lowest BCUT2D eigenvalue weighted by Gasteiger charge is -2.24. The molecule has 11 heteroatoms. The summed E-state index contributed by atoms with van der Waals surface area (Å²) in [6.07, 6.45) is -5.16. The van der Waals surface area contributed by atoms with Gasteiger partial charge in [-0.05, 0) is 76.6 Å². The molecule has 0 saturated carbocycles. The third-order valence-corrected chi connectivity index (χ3v) is 6.46. The molecular formula is C38H31F3O8. The van der Waals surface area contributed by atoms with Gasteiger partial charge in [0.1, 0.15) is 22.8 Å². The van der Waals surface area contributed by atoms with Crippen LogP contribution in [0.1, 0.15) is 49.9 Å². The van der Waals surface area contributed by atoms with Crippen LogP contribution in [0.25, 0.3) is 11.1 Å². The Balaban J connectivity index is 2.39. The van der Waals surface area contributed by atoms with Gasteiger partial charge in [-0.25, -0.2) is 19.2 Å². The predicted octanol–water partition coefficient (Wildman–Crippen LogP) is 8.01. The van der Waals surface area contributed by atoms with E-state index in [4.69, 9.17) is 18.9 Å². The molecule has 0 aliphatic rings. The Bertz CT molecular complexity index is 1970. The molecule has 0 radical (unpaired) electrons. The third-order valence-electron chi connectivity index (χ3n) is 6.46. The second kappa shape index (κ2) is 15.2. The number of benzene rings is 3. The molecule has 0 aliphatic carbocycles. The molecule has 8 nitrogen and oxygen atoms in total. The SMILES string of the molecule is C=C(C)C(=O)Oc1ccc(C#Cc2c(C)c(OC(=O)C(=C)C)c(-c3ccc(OC(=O)C(=C)C)cc3)c(OC(=O)C(=C)C)c2C(F)(F)F)cc1. The van der Waals surface area contributed by atoms with Crippen molar-refractivity contribution in [3.8, 4) is 46.0 Å². The van der Waals surface area contributed by atoms with Crippen LogP contribution in [0.3, 0.4) is 0 Å². The van der Waals surface area contributed by atoms with Crippen LogP contribution in [0.5, 0.6) is 23.0 Å². The van der Waals surface area contributed by atoms with E-state index in [9.17, 15) is 19.2 Å². The van der Waals surface area contributed by atoms with Crippen molar-refractivity contribution < 1.29 is 51.3 Å². The van der Waals surface area contributed by atoms with Crippen LogP contribution in [0.15, 0.2) is 97.1 Å². The maximum atomic E-state index is 15.1. The van der Waals surface area contributed by atoms with Crippen LogP contribution in [0.2, 0.25) is 0 Å². The third kappa shape index (κ3) is 9.23. The van der Waals surface area contributed by atoms with Crippen LogP contribution in [0, 0.1) is 18.8 Å². The fraction of sp³-hybridized carbons (Fsp3) is 0.158. The Morgan fingerprint density at radius 1 is 0.592 bits per heavy atom. The minimum atomic E-state index is -5.16. The average molecular weight is 673 g/mol. The van der Waals surface area contributed by atoms with Gasteiger partial charge in [0.05, 0.1) is 5.56 Å². The molecule has 3 aromatic rings. The van der Waals surface area contributed by atoms with Crippen molar-refractivity contribution in [1.29, 1.82) is 0 Å². The van der Waals surface area contributed by atoms with E-state index in [1.54, 1.807) is 0 Å². The van der Waals surface area contributed by atoms with Crippen molar-refractivity contribution >= 4 is 23.9 Å². The van der Waals surface area contributed by atoms with Gasteiger partial charge in [-0.3, -0.25) is 0 Å². The Morgan fingerprint density at radius 3 is 1.39 bits per heavy atom. The number of hydrogen-bond acceptors (Lipinski definition) is 8. The zero-order chi connectivity index (χ0) is 36.8. The van der Waals surface area contributed by atoms with Crippen LogP contribution >= 0.6 is 0 Å². The van der Waals surface area contributed by atoms with Crippen molar-refractivity contribution in [2.24, 2.45) is 0 Å². The van der Waals surface area contributed by atoms with E-state index in [1.165, 1.54) is 83.1 Å². The Hall–Kier alpha value is -6.15. The van der Waals surface area contributed by atoms with E-state index in [-0.39, 0.29) is 50.5 Å². The summed E-state index contributed by atoms with van der Waals surface area (Å²) < 4.78 is 66.5. The molecule has 3 rings (SSSR count). The van der Waals surface area contributed by atoms with Gasteiger partial charge in [0.2, 0.25) is 0 Å². The Kier molecular flexibility index (Phi) is 11.6. The molecule has 0 unspecified atom stereocenters. The molecule has 0 heterocycles. The first-order valence-corrected chi connectivity index (χ1v) is 14.3. The van der Waals surface area contributed by atoms with Gasteiger partial charge in [-0.15, -0.1) is 0 Å². The van der Waals surface area contributed by atoms with E-state index < -0.39 is 58.2 Å². The van der Waals surface area contributed by atoms with Crippen LogP contribution in [-0.2, 0) is 25.4 Å². The minimum Gasteiger partial charge on any atom is -0.423 e. The molecule has 0 spiro atoms. The second-order valence-electron chi connectivity index (χ2n) is 10.9. The Labute approximate surface area is 281 Å². The summed E-state index contributed by atoms with van der Waals surface area (Å²) in [5.41, 5.74) is -2.52. The van der Waals surface area contributed by atoms with Gasteiger partial charge in [0.15, 0.2) is 5.75 Å². The summed E-state index contributed by atoms with van der Waals surface area (Å²) in [6.45, 7) is 20.8. The number of hydrogen-bond donors (Lipinski definition) is 0. The molecule has 3 aromatic carbocycles. The van der Waals surface area contributed by atoms with Crippen LogP contribution in [0.4, 0.5) is 13.2 Å². The molecule has 0 N–H and O–H groups in total. The van der Waals surface area contributed by atoms with Gasteiger partial charge in [-0.1, -0.05) is 50.3 Å². The quantitative estimate of drug-likeness (QED) is 0.0975. The summed E-state index contributed by atoms with van der Waals surface area (Å²) in [4.78, 5) is 49.5. The normalized spacial score (nSPS) is 10.5. The highest BCUT2D eigenvalue weighted by Gasteiger charge is 2.42. The molecule has 0 aliphatic heterocycles. The van der Waals surface area contributed by atoms with Crippen molar-refractivity contribution in [2.75, 3.05) is 0 Å². The van der Waals surface area contributed by atoms with E-state index in [1.807, 2.05) is 0 Å². The number of ether oxygens (including phenoxy) is 4. The summed E-state index contributed by atoms with van der Waals surface area (Å²) in [6, 6.07) is 10.8. The molecule has 252 valence electrons. The molecule has 0 bridgehead atoms. The van der Waals surface area contributed by atoms with Crippen molar-refractivity contribution in [2.45, 2.75) is 40.8 Å². The zero-order valence-corrected chi connectivity index (χ0v) is 27.3. The lowest BCUT2D eigenvalue weighted by atomic mass is 9.91. The number of esters is 4.